The molecule has 0 aliphatic carbocycles. The Morgan fingerprint density at radius 1 is 1.11 bits per heavy atom. The smallest absolute Gasteiger partial charge is 0.387 e. The number of hydrogen-bond acceptors (Lipinski definition) is 10. The maximum absolute atomic E-state index is 10.7. The summed E-state index contributed by atoms with van der Waals surface area (Å²) in [4.78, 5) is 50.8. The van der Waals surface area contributed by atoms with Gasteiger partial charge in [-0.25, -0.2) is 24.1 Å². The number of aromatic nitrogens is 4. The first kappa shape index (κ1) is 22.7. The van der Waals surface area contributed by atoms with Crippen LogP contribution < -0.4 is 5.73 Å². The number of nitrogens with zero attached hydrogens (tertiary/aromatic N) is 4. The Labute approximate surface area is 155 Å². The highest BCUT2D eigenvalue weighted by Crippen LogP contribution is 2.38. The Bertz CT molecular complexity index is 904. The Morgan fingerprint density at radius 2 is 1.71 bits per heavy atom. The minimum absolute atomic E-state index is 0.142. The number of fused-ring (bicyclic) bond motifs is 1. The molecular weight excluding hydrogens is 428 g/mol. The molecule has 1 saturated heterocycles. The predicted octanol–water partition coefficient (Wildman–Crippen LogP) is -2.79. The number of hydrogen-bond donors (Lipinski definition) is 8. The van der Waals surface area contributed by atoms with E-state index in [4.69, 9.17) is 39.5 Å². The van der Waals surface area contributed by atoms with Crippen molar-refractivity contribution in [2.45, 2.75) is 24.5 Å². The molecule has 18 heteroatoms. The molecule has 0 unspecified atom stereocenters. The van der Waals surface area contributed by atoms with Crippen LogP contribution in [0.25, 0.3) is 11.2 Å². The normalized spacial score (nSPS) is 25.5. The Balaban J connectivity index is 0.000000500. The summed E-state index contributed by atoms with van der Waals surface area (Å²) in [7, 11) is -9.36. The first-order valence-corrected chi connectivity index (χ1v) is 10.3. The molecule has 2 aromatic rings. The van der Waals surface area contributed by atoms with Crippen LogP contribution in [0.5, 0.6) is 0 Å². The summed E-state index contributed by atoms with van der Waals surface area (Å²) in [5.41, 5.74) is 6.25. The molecule has 3 heterocycles. The summed E-state index contributed by atoms with van der Waals surface area (Å²) < 4.78 is 30.7. The lowest BCUT2D eigenvalue weighted by atomic mass is 10.1. The zero-order valence-electron chi connectivity index (χ0n) is 13.7. The Morgan fingerprint density at radius 3 is 2.29 bits per heavy atom. The van der Waals surface area contributed by atoms with Crippen LogP contribution in [0.3, 0.4) is 0 Å². The molecule has 16 nitrogen and oxygen atoms in total. The van der Waals surface area contributed by atoms with Gasteiger partial charge in [0.2, 0.25) is 0 Å². The van der Waals surface area contributed by atoms with E-state index in [1.165, 1.54) is 17.2 Å². The van der Waals surface area contributed by atoms with Crippen molar-refractivity contribution in [2.75, 3.05) is 12.3 Å². The molecule has 0 spiro atoms. The number of nitrogens with two attached hydrogens (primary N) is 1. The van der Waals surface area contributed by atoms with Crippen molar-refractivity contribution in [2.24, 2.45) is 0 Å². The van der Waals surface area contributed by atoms with Crippen LogP contribution in [-0.2, 0) is 18.4 Å². The molecule has 0 amide bonds. The van der Waals surface area contributed by atoms with Gasteiger partial charge in [-0.05, 0) is 0 Å². The van der Waals surface area contributed by atoms with Gasteiger partial charge in [-0.15, -0.1) is 0 Å². The number of phosphoric ester groups is 1. The van der Waals surface area contributed by atoms with E-state index in [1.54, 1.807) is 0 Å². The second-order valence-electron chi connectivity index (χ2n) is 5.43. The van der Waals surface area contributed by atoms with Gasteiger partial charge in [0.1, 0.15) is 30.2 Å². The van der Waals surface area contributed by atoms with Gasteiger partial charge >= 0.3 is 15.6 Å². The van der Waals surface area contributed by atoms with E-state index in [1.807, 2.05) is 0 Å². The topological polar surface area (TPSA) is 264 Å². The highest BCUT2D eigenvalue weighted by Gasteiger charge is 2.45. The van der Waals surface area contributed by atoms with Crippen molar-refractivity contribution in [1.29, 1.82) is 0 Å². The van der Waals surface area contributed by atoms with E-state index in [-0.39, 0.29) is 11.5 Å². The molecule has 28 heavy (non-hydrogen) atoms. The second-order valence-corrected chi connectivity index (χ2v) is 7.69. The fourth-order valence-corrected chi connectivity index (χ4v) is 2.66. The van der Waals surface area contributed by atoms with Gasteiger partial charge in [0, 0.05) is 0 Å². The average molecular weight is 445 g/mol. The van der Waals surface area contributed by atoms with Crippen molar-refractivity contribution >= 4 is 32.6 Å². The van der Waals surface area contributed by atoms with E-state index in [9.17, 15) is 14.8 Å². The molecule has 0 saturated carbocycles. The van der Waals surface area contributed by atoms with Crippen molar-refractivity contribution in [3.8, 4) is 0 Å². The van der Waals surface area contributed by atoms with Crippen molar-refractivity contribution < 1.29 is 53.1 Å². The van der Waals surface area contributed by atoms with E-state index in [2.05, 4.69) is 19.5 Å². The summed E-state index contributed by atoms with van der Waals surface area (Å²) in [5, 5.41) is 20.1. The number of imidazole rings is 1. The van der Waals surface area contributed by atoms with Gasteiger partial charge in [0.25, 0.3) is 0 Å². The van der Waals surface area contributed by atoms with E-state index >= 15 is 0 Å². The third-order valence-corrected chi connectivity index (χ3v) is 3.89. The van der Waals surface area contributed by atoms with Crippen molar-refractivity contribution in [3.63, 3.8) is 0 Å². The summed E-state index contributed by atoms with van der Waals surface area (Å²) >= 11 is 0. The Hall–Kier alpha value is -1.55. The third kappa shape index (κ3) is 5.97. The number of aliphatic hydroxyl groups excluding tert-OH is 2. The highest BCUT2D eigenvalue weighted by molar-refractivity contribution is 7.46. The van der Waals surface area contributed by atoms with Crippen LogP contribution in [0.2, 0.25) is 0 Å². The van der Waals surface area contributed by atoms with Gasteiger partial charge in [0.05, 0.1) is 12.9 Å². The molecule has 9 N–H and O–H groups in total. The second kappa shape index (κ2) is 8.44. The molecule has 4 atom stereocenters. The molecule has 1 aliphatic rings. The SMILES string of the molecule is Nc1ncnc2c1ncn2[C@@H]1O[C@H](COP(=O)(O)O)[C@@H](O)[C@H]1O.O=P(O)(O)O. The third-order valence-electron chi connectivity index (χ3n) is 3.41. The fourth-order valence-electron chi connectivity index (χ4n) is 2.32. The van der Waals surface area contributed by atoms with Crippen LogP contribution in [0.4, 0.5) is 5.82 Å². The number of rotatable bonds is 4. The molecule has 0 aromatic carbocycles. The van der Waals surface area contributed by atoms with Crippen LogP contribution >= 0.6 is 15.6 Å². The quantitative estimate of drug-likeness (QED) is 0.221. The molecule has 1 fully saturated rings. The van der Waals surface area contributed by atoms with Gasteiger partial charge < -0.3 is 45.2 Å². The van der Waals surface area contributed by atoms with Gasteiger partial charge in [-0.3, -0.25) is 9.09 Å². The van der Waals surface area contributed by atoms with Crippen LogP contribution in [-0.4, -0.2) is 79.1 Å². The maximum Gasteiger partial charge on any atom is 0.469 e. The maximum atomic E-state index is 10.7. The number of anilines is 1. The van der Waals surface area contributed by atoms with E-state index in [0.717, 1.165) is 0 Å². The van der Waals surface area contributed by atoms with Gasteiger partial charge in [-0.2, -0.15) is 0 Å². The summed E-state index contributed by atoms with van der Waals surface area (Å²) in [5.74, 6) is 0.142. The average Bonchev–Trinajstić information content (AvgIpc) is 3.07. The molecular formula is C10H17N5O11P2. The van der Waals surface area contributed by atoms with Crippen LogP contribution in [0.15, 0.2) is 12.7 Å². The molecule has 2 aromatic heterocycles. The summed E-state index contributed by atoms with van der Waals surface area (Å²) in [6, 6.07) is 0. The molecule has 3 rings (SSSR count). The van der Waals surface area contributed by atoms with Crippen LogP contribution in [0, 0.1) is 0 Å². The van der Waals surface area contributed by atoms with E-state index < -0.39 is 46.8 Å². The first-order chi connectivity index (χ1) is 12.8. The molecule has 0 bridgehead atoms. The number of aliphatic hydroxyl groups is 2. The highest BCUT2D eigenvalue weighted by atomic mass is 31.2. The van der Waals surface area contributed by atoms with E-state index in [0.29, 0.717) is 5.52 Å². The standard InChI is InChI=1S/C10H14N5O7P.H3O4P/c11-8-5-9(13-2-12-8)15(3-14-5)10-7(17)6(16)4(22-10)1-21-23(18,19)20;1-5(2,3)4/h2-4,6-7,10,16-17H,1H2,(H2,11,12,13)(H2,18,19,20);(H3,1,2,3,4)/t4-,6-,7-,10-;/m1./s1. The minimum Gasteiger partial charge on any atom is -0.387 e. The summed E-state index contributed by atoms with van der Waals surface area (Å²) in [6.45, 7) is -0.594. The molecule has 1 aliphatic heterocycles. The first-order valence-electron chi connectivity index (χ1n) is 7.21. The number of phosphoric acid groups is 2. The van der Waals surface area contributed by atoms with Gasteiger partial charge in [0.15, 0.2) is 17.7 Å². The molecule has 0 radical (unpaired) electrons. The lowest BCUT2D eigenvalue weighted by Crippen LogP contribution is -2.33. The Kier molecular flexibility index (Phi) is 6.86. The zero-order valence-corrected chi connectivity index (χ0v) is 15.5. The molecule has 158 valence electrons. The zero-order chi connectivity index (χ0) is 21.3. The van der Waals surface area contributed by atoms with Crippen molar-refractivity contribution in [3.05, 3.63) is 12.7 Å². The van der Waals surface area contributed by atoms with Crippen molar-refractivity contribution in [1.82, 2.24) is 19.5 Å². The largest absolute Gasteiger partial charge is 0.469 e. The lowest BCUT2D eigenvalue weighted by molar-refractivity contribution is -0.0504. The van der Waals surface area contributed by atoms with Gasteiger partial charge in [-0.1, -0.05) is 0 Å². The predicted molar refractivity (Wildman–Crippen MR) is 87.9 cm³/mol. The number of ether oxygens (including phenoxy) is 1. The number of nitrogen functional groups attached to an aromatic ring is 1. The minimum atomic E-state index is -4.72. The van der Waals surface area contributed by atoms with Crippen LogP contribution in [0.1, 0.15) is 6.23 Å². The lowest BCUT2D eigenvalue weighted by Gasteiger charge is -2.16. The monoisotopic (exact) mass is 445 g/mol. The fraction of sp³-hybridized carbons (Fsp3) is 0.500. The summed E-state index contributed by atoms with van der Waals surface area (Å²) in [6.07, 6.45) is -2.49.